The molecule has 57 heavy (non-hydrogen) atoms. The van der Waals surface area contributed by atoms with Crippen LogP contribution in [0.5, 0.6) is 0 Å². The van der Waals surface area contributed by atoms with E-state index in [9.17, 15) is 0 Å². The zero-order chi connectivity index (χ0) is 39.6. The number of benzene rings is 6. The molecule has 0 fully saturated rings. The quantitative estimate of drug-likeness (QED) is 0.0819. The lowest BCUT2D eigenvalue weighted by molar-refractivity contribution is 0.140. The van der Waals surface area contributed by atoms with E-state index in [0.717, 1.165) is 37.1 Å². The monoisotopic (exact) mass is 754 g/mol. The summed E-state index contributed by atoms with van der Waals surface area (Å²) >= 11 is 0. The Morgan fingerprint density at radius 1 is 0.368 bits per heavy atom. The summed E-state index contributed by atoms with van der Waals surface area (Å²) < 4.78 is 6.43. The van der Waals surface area contributed by atoms with Gasteiger partial charge in [-0.15, -0.1) is 0 Å². The van der Waals surface area contributed by atoms with Crippen molar-refractivity contribution < 1.29 is 4.74 Å². The molecular formula is C54H62N2O. The fourth-order valence-corrected chi connectivity index (χ4v) is 8.39. The van der Waals surface area contributed by atoms with Gasteiger partial charge in [-0.25, -0.2) is 0 Å². The molecule has 0 amide bonds. The van der Waals surface area contributed by atoms with Gasteiger partial charge in [0.1, 0.15) is 6.10 Å². The van der Waals surface area contributed by atoms with Crippen LogP contribution in [-0.4, -0.2) is 7.11 Å². The molecule has 0 unspecified atom stereocenters. The van der Waals surface area contributed by atoms with Crippen molar-refractivity contribution in [2.75, 3.05) is 16.9 Å². The Balaban J connectivity index is 1.26. The smallest absolute Gasteiger partial charge is 0.109 e. The number of rotatable bonds is 19. The number of methoxy groups -OCH3 is 1. The second-order valence-electron chi connectivity index (χ2n) is 15.9. The van der Waals surface area contributed by atoms with Crippen LogP contribution in [0.3, 0.4) is 0 Å². The SMILES string of the molecule is CCCCc1ccc(N(c2ccc(CCCC)cc2)c2ccc3c(c2)C(OC)c2cc(N(c4ccc(CCCC)cc4)c4ccc(CCCC)cc4)ccc2-3)cc1. The minimum Gasteiger partial charge on any atom is -0.372 e. The number of aryl methyl sites for hydroxylation is 4. The van der Waals surface area contributed by atoms with Crippen molar-refractivity contribution in [1.29, 1.82) is 0 Å². The Hall–Kier alpha value is -5.12. The van der Waals surface area contributed by atoms with Gasteiger partial charge in [-0.05, 0) is 169 Å². The first-order chi connectivity index (χ1) is 28.0. The molecule has 0 aliphatic heterocycles. The average Bonchev–Trinajstić information content (AvgIpc) is 3.57. The highest BCUT2D eigenvalue weighted by Crippen LogP contribution is 2.50. The van der Waals surface area contributed by atoms with E-state index in [0.29, 0.717) is 0 Å². The van der Waals surface area contributed by atoms with Crippen molar-refractivity contribution >= 4 is 34.1 Å². The predicted octanol–water partition coefficient (Wildman–Crippen LogP) is 15.7. The van der Waals surface area contributed by atoms with E-state index in [-0.39, 0.29) is 6.10 Å². The second-order valence-corrected chi connectivity index (χ2v) is 15.9. The Bertz CT molecular complexity index is 1910. The maximum absolute atomic E-state index is 6.43. The van der Waals surface area contributed by atoms with Crippen LogP contribution in [0.4, 0.5) is 34.1 Å². The van der Waals surface area contributed by atoms with E-state index in [1.54, 1.807) is 0 Å². The van der Waals surface area contributed by atoms with Crippen molar-refractivity contribution in [2.24, 2.45) is 0 Å². The molecule has 6 aromatic rings. The molecule has 6 aromatic carbocycles. The fourth-order valence-electron chi connectivity index (χ4n) is 8.39. The van der Waals surface area contributed by atoms with Crippen LogP contribution in [-0.2, 0) is 30.4 Å². The maximum Gasteiger partial charge on any atom is 0.109 e. The van der Waals surface area contributed by atoms with Crippen molar-refractivity contribution in [2.45, 2.75) is 111 Å². The molecule has 3 nitrogen and oxygen atoms in total. The Morgan fingerprint density at radius 2 is 0.632 bits per heavy atom. The predicted molar refractivity (Wildman–Crippen MR) is 245 cm³/mol. The van der Waals surface area contributed by atoms with E-state index < -0.39 is 0 Å². The number of fused-ring (bicyclic) bond motifs is 3. The van der Waals surface area contributed by atoms with Gasteiger partial charge in [0.25, 0.3) is 0 Å². The van der Waals surface area contributed by atoms with Gasteiger partial charge in [0.05, 0.1) is 0 Å². The van der Waals surface area contributed by atoms with Crippen LogP contribution in [0, 0.1) is 0 Å². The van der Waals surface area contributed by atoms with Gasteiger partial charge in [0.2, 0.25) is 0 Å². The molecule has 3 heteroatoms. The topological polar surface area (TPSA) is 15.7 Å². The normalized spacial score (nSPS) is 12.1. The minimum atomic E-state index is -0.181. The molecule has 0 saturated heterocycles. The Labute approximate surface area is 343 Å². The zero-order valence-corrected chi connectivity index (χ0v) is 35.1. The summed E-state index contributed by atoms with van der Waals surface area (Å²) in [6, 6.07) is 50.7. The number of hydrogen-bond acceptors (Lipinski definition) is 3. The molecule has 0 saturated carbocycles. The highest BCUT2D eigenvalue weighted by molar-refractivity contribution is 5.87. The van der Waals surface area contributed by atoms with Gasteiger partial charge in [0, 0.05) is 41.2 Å². The Kier molecular flexibility index (Phi) is 13.6. The Morgan fingerprint density at radius 3 is 0.877 bits per heavy atom. The summed E-state index contributed by atoms with van der Waals surface area (Å²) in [5, 5.41) is 0. The van der Waals surface area contributed by atoms with Crippen LogP contribution < -0.4 is 9.80 Å². The van der Waals surface area contributed by atoms with E-state index in [4.69, 9.17) is 4.74 Å². The third-order valence-electron chi connectivity index (χ3n) is 11.7. The van der Waals surface area contributed by atoms with Crippen LogP contribution >= 0.6 is 0 Å². The van der Waals surface area contributed by atoms with Crippen LogP contribution in [0.15, 0.2) is 133 Å². The third-order valence-corrected chi connectivity index (χ3v) is 11.7. The summed E-state index contributed by atoms with van der Waals surface area (Å²) in [5.74, 6) is 0. The summed E-state index contributed by atoms with van der Waals surface area (Å²) in [6.45, 7) is 9.04. The molecule has 1 aliphatic carbocycles. The molecule has 0 radical (unpaired) electrons. The van der Waals surface area contributed by atoms with Crippen LogP contribution in [0.2, 0.25) is 0 Å². The molecule has 7 rings (SSSR count). The third kappa shape index (κ3) is 9.21. The van der Waals surface area contributed by atoms with Gasteiger partial charge in [-0.2, -0.15) is 0 Å². The largest absolute Gasteiger partial charge is 0.372 e. The summed E-state index contributed by atoms with van der Waals surface area (Å²) in [5.41, 5.74) is 17.4. The molecule has 0 atom stereocenters. The molecule has 1 aliphatic rings. The lowest BCUT2D eigenvalue weighted by Gasteiger charge is -2.27. The molecule has 0 aromatic heterocycles. The standard InChI is InChI=1S/C54H62N2O/c1-6-10-14-40-18-26-44(27-19-40)55(45-28-20-41(21-29-45)15-11-7-2)48-34-36-50-51-37-35-49(39-53(51)54(57-5)52(50)38-48)56(46-30-22-42(23-31-46)16-12-8-3)47-32-24-43(25-33-47)17-13-9-4/h18-39,54H,6-17H2,1-5H3. The fraction of sp³-hybridized carbons (Fsp3) is 0.333. The van der Waals surface area contributed by atoms with Gasteiger partial charge >= 0.3 is 0 Å². The zero-order valence-electron chi connectivity index (χ0n) is 35.1. The molecule has 0 heterocycles. The van der Waals surface area contributed by atoms with Gasteiger partial charge in [-0.3, -0.25) is 0 Å². The van der Waals surface area contributed by atoms with Crippen molar-refractivity contribution in [3.05, 3.63) is 167 Å². The van der Waals surface area contributed by atoms with Crippen molar-refractivity contribution in [3.63, 3.8) is 0 Å². The average molecular weight is 755 g/mol. The van der Waals surface area contributed by atoms with E-state index in [1.807, 2.05) is 7.11 Å². The molecular weight excluding hydrogens is 693 g/mol. The van der Waals surface area contributed by atoms with Crippen LogP contribution in [0.25, 0.3) is 11.1 Å². The highest BCUT2D eigenvalue weighted by atomic mass is 16.5. The first-order valence-electron chi connectivity index (χ1n) is 21.8. The molecule has 0 bridgehead atoms. The molecule has 294 valence electrons. The lowest BCUT2D eigenvalue weighted by Crippen LogP contribution is -2.11. The first kappa shape index (κ1) is 40.1. The maximum atomic E-state index is 6.43. The van der Waals surface area contributed by atoms with E-state index in [2.05, 4.69) is 171 Å². The van der Waals surface area contributed by atoms with E-state index >= 15 is 0 Å². The van der Waals surface area contributed by atoms with Crippen molar-refractivity contribution in [3.8, 4) is 11.1 Å². The van der Waals surface area contributed by atoms with Gasteiger partial charge in [-0.1, -0.05) is 114 Å². The summed E-state index contributed by atoms with van der Waals surface area (Å²) in [6.07, 6.45) is 13.9. The number of anilines is 6. The van der Waals surface area contributed by atoms with Gasteiger partial charge < -0.3 is 14.5 Å². The number of ether oxygens (including phenoxy) is 1. The molecule has 0 spiro atoms. The second kappa shape index (κ2) is 19.4. The molecule has 0 N–H and O–H groups in total. The minimum absolute atomic E-state index is 0.181. The van der Waals surface area contributed by atoms with Gasteiger partial charge in [0.15, 0.2) is 0 Å². The van der Waals surface area contributed by atoms with Crippen molar-refractivity contribution in [1.82, 2.24) is 0 Å². The van der Waals surface area contributed by atoms with Crippen LogP contribution in [0.1, 0.15) is 119 Å². The lowest BCUT2D eigenvalue weighted by atomic mass is 10.0. The number of nitrogens with zero attached hydrogens (tertiary/aromatic N) is 2. The number of hydrogen-bond donors (Lipinski definition) is 0. The number of unbranched alkanes of at least 4 members (excludes halogenated alkanes) is 4. The summed E-state index contributed by atoms with van der Waals surface area (Å²) in [4.78, 5) is 4.81. The summed E-state index contributed by atoms with van der Waals surface area (Å²) in [7, 11) is 1.85. The first-order valence-corrected chi connectivity index (χ1v) is 21.8. The highest BCUT2D eigenvalue weighted by Gasteiger charge is 2.31. The van der Waals surface area contributed by atoms with E-state index in [1.165, 1.54) is 119 Å².